The second kappa shape index (κ2) is 8.44. The van der Waals surface area contributed by atoms with Gasteiger partial charge in [0.15, 0.2) is 0 Å². The number of halogens is 1. The highest BCUT2D eigenvalue weighted by Gasteiger charge is 2.33. The van der Waals surface area contributed by atoms with Crippen molar-refractivity contribution >= 4 is 28.3 Å². The molecule has 9 heteroatoms. The van der Waals surface area contributed by atoms with Gasteiger partial charge < -0.3 is 15.0 Å². The Morgan fingerprint density at radius 1 is 1.23 bits per heavy atom. The van der Waals surface area contributed by atoms with Crippen molar-refractivity contribution in [2.75, 3.05) is 51.6 Å². The Kier molecular flexibility index (Phi) is 7.54. The third-order valence-electron chi connectivity index (χ3n) is 3.87. The Bertz CT molecular complexity index is 460. The molecule has 0 aromatic rings. The molecule has 0 unspecified atom stereocenters. The third-order valence-corrected chi connectivity index (χ3v) is 5.70. The van der Waals surface area contributed by atoms with Crippen molar-refractivity contribution in [2.24, 2.45) is 5.92 Å². The van der Waals surface area contributed by atoms with Gasteiger partial charge in [0.1, 0.15) is 0 Å². The van der Waals surface area contributed by atoms with Crippen molar-refractivity contribution in [3.63, 3.8) is 0 Å². The Hall–Kier alpha value is -0.410. The first kappa shape index (κ1) is 19.6. The third kappa shape index (κ3) is 5.06. The maximum atomic E-state index is 12.2. The van der Waals surface area contributed by atoms with E-state index >= 15 is 0 Å². The highest BCUT2D eigenvalue weighted by Crippen LogP contribution is 2.13. The summed E-state index contributed by atoms with van der Waals surface area (Å²) in [4.78, 5) is 13.9. The topological polar surface area (TPSA) is 79.0 Å². The Morgan fingerprint density at radius 3 is 2.27 bits per heavy atom. The van der Waals surface area contributed by atoms with E-state index < -0.39 is 10.0 Å². The number of rotatable bonds is 6. The van der Waals surface area contributed by atoms with E-state index in [4.69, 9.17) is 4.74 Å². The molecule has 2 rings (SSSR count). The van der Waals surface area contributed by atoms with Gasteiger partial charge in [0.25, 0.3) is 0 Å². The molecule has 2 aliphatic heterocycles. The van der Waals surface area contributed by atoms with Crippen molar-refractivity contribution in [3.8, 4) is 0 Å². The maximum Gasteiger partial charge on any atom is 0.228 e. The fraction of sp³-hybridized carbons (Fsp3) is 0.923. The van der Waals surface area contributed by atoms with Crippen molar-refractivity contribution < 1.29 is 17.9 Å². The molecule has 0 aliphatic carbocycles. The summed E-state index contributed by atoms with van der Waals surface area (Å²) < 4.78 is 31.1. The predicted octanol–water partition coefficient (Wildman–Crippen LogP) is -0.473. The normalized spacial score (nSPS) is 20.6. The largest absolute Gasteiger partial charge is 0.378 e. The van der Waals surface area contributed by atoms with E-state index in [-0.39, 0.29) is 42.7 Å². The minimum Gasteiger partial charge on any atom is -0.378 e. The number of amides is 1. The van der Waals surface area contributed by atoms with Crippen LogP contribution in [0, 0.1) is 5.92 Å². The summed E-state index contributed by atoms with van der Waals surface area (Å²) in [6.45, 7) is 7.20. The van der Waals surface area contributed by atoms with Crippen LogP contribution in [0.2, 0.25) is 0 Å². The van der Waals surface area contributed by atoms with E-state index in [2.05, 4.69) is 5.32 Å². The van der Waals surface area contributed by atoms with Crippen LogP contribution in [-0.4, -0.2) is 81.3 Å². The van der Waals surface area contributed by atoms with E-state index in [1.807, 2.05) is 13.8 Å². The lowest BCUT2D eigenvalue weighted by atomic mass is 10.0. The molecule has 2 heterocycles. The fourth-order valence-corrected chi connectivity index (χ4v) is 3.71. The van der Waals surface area contributed by atoms with Gasteiger partial charge in [-0.3, -0.25) is 4.79 Å². The van der Waals surface area contributed by atoms with Crippen molar-refractivity contribution in [1.29, 1.82) is 0 Å². The lowest BCUT2D eigenvalue weighted by Crippen LogP contribution is -2.57. The molecule has 0 saturated carbocycles. The Labute approximate surface area is 138 Å². The highest BCUT2D eigenvalue weighted by atomic mass is 35.5. The number of carbonyl (C=O) groups is 1. The lowest BCUT2D eigenvalue weighted by Gasteiger charge is -2.38. The van der Waals surface area contributed by atoms with E-state index in [0.717, 1.165) is 13.1 Å². The van der Waals surface area contributed by atoms with Gasteiger partial charge in [-0.2, -0.15) is 4.31 Å². The van der Waals surface area contributed by atoms with Gasteiger partial charge >= 0.3 is 0 Å². The van der Waals surface area contributed by atoms with Gasteiger partial charge in [0.2, 0.25) is 15.9 Å². The maximum absolute atomic E-state index is 12.2. The quantitative estimate of drug-likeness (QED) is 0.696. The van der Waals surface area contributed by atoms with Crippen molar-refractivity contribution in [3.05, 3.63) is 0 Å². The first-order valence-corrected chi connectivity index (χ1v) is 9.10. The molecule has 0 aromatic heterocycles. The molecule has 0 bridgehead atoms. The molecule has 2 saturated heterocycles. The SMILES string of the molecule is CC(C)OCCS(=O)(=O)N1CCN(C(=O)C2CNC2)CC1.Cl. The molecule has 0 spiro atoms. The Balaban J connectivity index is 0.00000242. The summed E-state index contributed by atoms with van der Waals surface area (Å²) in [7, 11) is -3.28. The van der Waals surface area contributed by atoms with E-state index in [1.165, 1.54) is 4.31 Å². The number of nitrogens with zero attached hydrogens (tertiary/aromatic N) is 2. The molecule has 2 fully saturated rings. The molecule has 0 radical (unpaired) electrons. The zero-order valence-corrected chi connectivity index (χ0v) is 14.8. The van der Waals surface area contributed by atoms with Crippen LogP contribution in [0.3, 0.4) is 0 Å². The summed E-state index contributed by atoms with van der Waals surface area (Å²) in [6, 6.07) is 0. The van der Waals surface area contributed by atoms with Gasteiger partial charge in [-0.15, -0.1) is 12.4 Å². The molecule has 0 atom stereocenters. The molecule has 7 nitrogen and oxygen atoms in total. The summed E-state index contributed by atoms with van der Waals surface area (Å²) in [5, 5.41) is 3.08. The Morgan fingerprint density at radius 2 is 1.82 bits per heavy atom. The number of nitrogens with one attached hydrogen (secondary N) is 1. The van der Waals surface area contributed by atoms with Gasteiger partial charge in [-0.1, -0.05) is 0 Å². The summed E-state index contributed by atoms with van der Waals surface area (Å²) in [6.07, 6.45) is 0.0331. The average Bonchev–Trinajstić information content (AvgIpc) is 2.36. The summed E-state index contributed by atoms with van der Waals surface area (Å²) in [5.74, 6) is 0.229. The number of hydrogen-bond donors (Lipinski definition) is 1. The minimum atomic E-state index is -3.28. The fourth-order valence-electron chi connectivity index (χ4n) is 2.43. The molecule has 2 aliphatic rings. The summed E-state index contributed by atoms with van der Waals surface area (Å²) in [5.41, 5.74) is 0. The van der Waals surface area contributed by atoms with E-state index in [1.54, 1.807) is 4.90 Å². The first-order valence-electron chi connectivity index (χ1n) is 7.49. The van der Waals surface area contributed by atoms with Crippen LogP contribution in [0.4, 0.5) is 0 Å². The predicted molar refractivity (Wildman–Crippen MR) is 86.6 cm³/mol. The van der Waals surface area contributed by atoms with Crippen molar-refractivity contribution in [1.82, 2.24) is 14.5 Å². The van der Waals surface area contributed by atoms with Crippen LogP contribution in [-0.2, 0) is 19.6 Å². The second-order valence-corrected chi connectivity index (χ2v) is 7.90. The van der Waals surface area contributed by atoms with Crippen LogP contribution in [0.5, 0.6) is 0 Å². The number of hydrogen-bond acceptors (Lipinski definition) is 5. The molecule has 0 aromatic carbocycles. The van der Waals surface area contributed by atoms with Crippen LogP contribution in [0.15, 0.2) is 0 Å². The molecule has 130 valence electrons. The summed E-state index contributed by atoms with van der Waals surface area (Å²) >= 11 is 0. The van der Waals surface area contributed by atoms with Crippen LogP contribution in [0.1, 0.15) is 13.8 Å². The molecular weight excluding hydrogens is 330 g/mol. The monoisotopic (exact) mass is 355 g/mol. The van der Waals surface area contributed by atoms with Crippen LogP contribution in [0.25, 0.3) is 0 Å². The number of piperazine rings is 1. The molecule has 1 amide bonds. The molecule has 22 heavy (non-hydrogen) atoms. The van der Waals surface area contributed by atoms with Crippen LogP contribution < -0.4 is 5.32 Å². The van der Waals surface area contributed by atoms with Crippen molar-refractivity contribution in [2.45, 2.75) is 20.0 Å². The highest BCUT2D eigenvalue weighted by molar-refractivity contribution is 7.89. The molecular formula is C13H26ClN3O4S. The number of ether oxygens (including phenoxy) is 1. The van der Waals surface area contributed by atoms with Crippen LogP contribution >= 0.6 is 12.4 Å². The standard InChI is InChI=1S/C13H25N3O4S.ClH/c1-11(2)20-7-8-21(18,19)16-5-3-15(4-6-16)13(17)12-9-14-10-12;/h11-12,14H,3-10H2,1-2H3;1H. The number of sulfonamides is 1. The molecule has 1 N–H and O–H groups in total. The second-order valence-electron chi connectivity index (χ2n) is 5.82. The van der Waals surface area contributed by atoms with Gasteiger partial charge in [0, 0.05) is 39.3 Å². The number of carbonyl (C=O) groups excluding carboxylic acids is 1. The van der Waals surface area contributed by atoms with Gasteiger partial charge in [0.05, 0.1) is 24.4 Å². The first-order chi connectivity index (χ1) is 9.90. The smallest absolute Gasteiger partial charge is 0.228 e. The van der Waals surface area contributed by atoms with E-state index in [0.29, 0.717) is 26.2 Å². The minimum absolute atomic E-state index is 0. The lowest BCUT2D eigenvalue weighted by molar-refractivity contribution is -0.138. The zero-order chi connectivity index (χ0) is 15.5. The zero-order valence-electron chi connectivity index (χ0n) is 13.2. The van der Waals surface area contributed by atoms with E-state index in [9.17, 15) is 13.2 Å². The average molecular weight is 356 g/mol. The van der Waals surface area contributed by atoms with Gasteiger partial charge in [-0.05, 0) is 13.8 Å². The van der Waals surface area contributed by atoms with Gasteiger partial charge in [-0.25, -0.2) is 8.42 Å².